The maximum absolute atomic E-state index is 12.3. The summed E-state index contributed by atoms with van der Waals surface area (Å²) in [4.78, 5) is 24.1. The van der Waals surface area contributed by atoms with Crippen LogP contribution in [0.25, 0.3) is 10.2 Å². The van der Waals surface area contributed by atoms with Crippen LogP contribution in [0.2, 0.25) is 0 Å². The number of anilines is 2. The van der Waals surface area contributed by atoms with Crippen molar-refractivity contribution in [3.05, 3.63) is 34.7 Å². The Morgan fingerprint density at radius 3 is 2.85 bits per heavy atom. The largest absolute Gasteiger partial charge is 0.383 e. The van der Waals surface area contributed by atoms with Gasteiger partial charge in [0, 0.05) is 9.77 Å². The van der Waals surface area contributed by atoms with Crippen LogP contribution in [-0.2, 0) is 4.79 Å². The minimum absolute atomic E-state index is 0.161. The lowest BCUT2D eigenvalue weighted by molar-refractivity contribution is -0.113. The fourth-order valence-corrected chi connectivity index (χ4v) is 4.86. The van der Waals surface area contributed by atoms with Crippen molar-refractivity contribution >= 4 is 62.5 Å². The van der Waals surface area contributed by atoms with Crippen molar-refractivity contribution in [2.45, 2.75) is 23.9 Å². The molecule has 0 aliphatic carbocycles. The second-order valence-electron chi connectivity index (χ2n) is 5.63. The topological polar surface area (TPSA) is 105 Å². The van der Waals surface area contributed by atoms with Gasteiger partial charge in [-0.25, -0.2) is 9.97 Å². The first-order valence-corrected chi connectivity index (χ1v) is 10.8. The van der Waals surface area contributed by atoms with Crippen molar-refractivity contribution in [3.63, 3.8) is 0 Å². The van der Waals surface area contributed by atoms with Crippen LogP contribution >= 0.6 is 34.9 Å². The van der Waals surface area contributed by atoms with E-state index in [0.29, 0.717) is 22.4 Å². The molecule has 3 aromatic rings. The zero-order chi connectivity index (χ0) is 19.4. The molecule has 0 bridgehead atoms. The molecule has 0 unspecified atom stereocenters. The average molecular weight is 416 g/mol. The second-order valence-corrected chi connectivity index (χ2v) is 8.80. The van der Waals surface area contributed by atoms with Gasteiger partial charge >= 0.3 is 0 Å². The van der Waals surface area contributed by atoms with Crippen molar-refractivity contribution in [2.75, 3.05) is 22.6 Å². The Labute approximate surface area is 169 Å². The number of nitrogen functional groups attached to an aromatic ring is 1. The van der Waals surface area contributed by atoms with E-state index in [1.807, 2.05) is 38.1 Å². The molecule has 0 fully saturated rings. The van der Waals surface area contributed by atoms with Crippen LogP contribution in [-0.4, -0.2) is 27.4 Å². The number of hydrogen-bond acceptors (Lipinski definition) is 8. The number of hydrogen-bond donors (Lipinski definition) is 2. The fraction of sp³-hybridized carbons (Fsp3) is 0.222. The Morgan fingerprint density at radius 2 is 2.07 bits per heavy atom. The van der Waals surface area contributed by atoms with Crippen molar-refractivity contribution in [2.24, 2.45) is 0 Å². The number of carbonyl (C=O) groups is 1. The molecule has 9 heteroatoms. The molecule has 2 heterocycles. The van der Waals surface area contributed by atoms with Crippen LogP contribution in [0.5, 0.6) is 0 Å². The van der Waals surface area contributed by atoms with Crippen LogP contribution in [0, 0.1) is 25.2 Å². The standard InChI is InChI=1S/C18H17N5OS3/c1-10-11(2)27-17-15(10)16(20)22-18(23-17)26-9-14(24)21-12-5-3-4-6-13(12)25-8-7-19/h3-6H,8-9H2,1-2H3,(H,21,24)(H2,20,22,23). The molecule has 3 N–H and O–H groups in total. The predicted octanol–water partition coefficient (Wildman–Crippen LogP) is 4.24. The van der Waals surface area contributed by atoms with E-state index in [9.17, 15) is 4.79 Å². The zero-order valence-corrected chi connectivity index (χ0v) is 17.2. The van der Waals surface area contributed by atoms with Crippen LogP contribution in [0.3, 0.4) is 0 Å². The SMILES string of the molecule is Cc1sc2nc(SCC(=O)Nc3ccccc3SCC#N)nc(N)c2c1C. The number of benzene rings is 1. The smallest absolute Gasteiger partial charge is 0.234 e. The Kier molecular flexibility index (Phi) is 6.21. The lowest BCUT2D eigenvalue weighted by Gasteiger charge is -2.09. The van der Waals surface area contributed by atoms with Gasteiger partial charge in [-0.2, -0.15) is 5.26 Å². The van der Waals surface area contributed by atoms with E-state index in [2.05, 4.69) is 21.4 Å². The highest BCUT2D eigenvalue weighted by Gasteiger charge is 2.14. The van der Waals surface area contributed by atoms with E-state index in [1.54, 1.807) is 11.3 Å². The highest BCUT2D eigenvalue weighted by molar-refractivity contribution is 8.00. The van der Waals surface area contributed by atoms with Gasteiger partial charge in [-0.15, -0.1) is 23.1 Å². The molecule has 27 heavy (non-hydrogen) atoms. The van der Waals surface area contributed by atoms with Gasteiger partial charge in [0.25, 0.3) is 0 Å². The first kappa shape index (κ1) is 19.5. The minimum atomic E-state index is -0.161. The first-order valence-electron chi connectivity index (χ1n) is 8.04. The number of thiophene rings is 1. The van der Waals surface area contributed by atoms with Crippen LogP contribution < -0.4 is 11.1 Å². The van der Waals surface area contributed by atoms with Gasteiger partial charge in [0.1, 0.15) is 10.6 Å². The van der Waals surface area contributed by atoms with E-state index < -0.39 is 0 Å². The van der Waals surface area contributed by atoms with Crippen LogP contribution in [0.1, 0.15) is 10.4 Å². The number of aromatic nitrogens is 2. The number of nitrogens with two attached hydrogens (primary N) is 1. The summed E-state index contributed by atoms with van der Waals surface area (Å²) in [5.74, 6) is 0.786. The molecule has 0 saturated carbocycles. The summed E-state index contributed by atoms with van der Waals surface area (Å²) in [6, 6.07) is 9.51. The Morgan fingerprint density at radius 1 is 1.30 bits per heavy atom. The number of carbonyl (C=O) groups excluding carboxylic acids is 1. The molecule has 0 radical (unpaired) electrons. The van der Waals surface area contributed by atoms with E-state index in [4.69, 9.17) is 11.0 Å². The normalized spacial score (nSPS) is 10.7. The lowest BCUT2D eigenvalue weighted by atomic mass is 10.2. The van der Waals surface area contributed by atoms with Crippen molar-refractivity contribution < 1.29 is 4.79 Å². The monoisotopic (exact) mass is 415 g/mol. The summed E-state index contributed by atoms with van der Waals surface area (Å²) < 4.78 is 0. The minimum Gasteiger partial charge on any atom is -0.383 e. The first-order chi connectivity index (χ1) is 13.0. The maximum atomic E-state index is 12.3. The van der Waals surface area contributed by atoms with Gasteiger partial charge in [0.15, 0.2) is 5.16 Å². The van der Waals surface area contributed by atoms with E-state index in [0.717, 1.165) is 25.6 Å². The summed E-state index contributed by atoms with van der Waals surface area (Å²) in [5, 5.41) is 13.0. The van der Waals surface area contributed by atoms with Gasteiger partial charge in [0.2, 0.25) is 5.91 Å². The number of rotatable bonds is 6. The Balaban J connectivity index is 1.68. The molecule has 1 amide bonds. The third-order valence-electron chi connectivity index (χ3n) is 3.82. The van der Waals surface area contributed by atoms with E-state index >= 15 is 0 Å². The third-order valence-corrected chi connectivity index (χ3v) is 6.71. The van der Waals surface area contributed by atoms with Crippen molar-refractivity contribution in [1.29, 1.82) is 5.26 Å². The van der Waals surface area contributed by atoms with E-state index in [1.165, 1.54) is 23.5 Å². The van der Waals surface area contributed by atoms with Gasteiger partial charge in [-0.05, 0) is 31.5 Å². The predicted molar refractivity (Wildman–Crippen MR) is 113 cm³/mol. The average Bonchev–Trinajstić information content (AvgIpc) is 2.93. The van der Waals surface area contributed by atoms with Crippen molar-refractivity contribution in [3.8, 4) is 6.07 Å². The Bertz CT molecular complexity index is 1040. The number of thioether (sulfide) groups is 2. The number of nitrogens with zero attached hydrogens (tertiary/aromatic N) is 3. The molecular formula is C18H17N5OS3. The summed E-state index contributed by atoms with van der Waals surface area (Å²) in [6.45, 7) is 4.04. The summed E-state index contributed by atoms with van der Waals surface area (Å²) in [6.07, 6.45) is 0. The number of nitrogens with one attached hydrogen (secondary N) is 1. The summed E-state index contributed by atoms with van der Waals surface area (Å²) in [7, 11) is 0. The highest BCUT2D eigenvalue weighted by Crippen LogP contribution is 2.33. The molecule has 0 saturated heterocycles. The highest BCUT2D eigenvalue weighted by atomic mass is 32.2. The molecule has 6 nitrogen and oxygen atoms in total. The number of para-hydroxylation sites is 1. The van der Waals surface area contributed by atoms with Gasteiger partial charge in [-0.3, -0.25) is 4.79 Å². The second kappa shape index (κ2) is 8.61. The maximum Gasteiger partial charge on any atom is 0.234 e. The van der Waals surface area contributed by atoms with Crippen molar-refractivity contribution in [1.82, 2.24) is 9.97 Å². The number of aryl methyl sites for hydroxylation is 2. The molecule has 3 rings (SSSR count). The summed E-state index contributed by atoms with van der Waals surface area (Å²) >= 11 is 4.22. The lowest BCUT2D eigenvalue weighted by Crippen LogP contribution is -2.15. The third kappa shape index (κ3) is 4.53. The molecule has 138 valence electrons. The van der Waals surface area contributed by atoms with Crippen LogP contribution in [0.15, 0.2) is 34.3 Å². The molecular weight excluding hydrogens is 398 g/mol. The molecule has 0 spiro atoms. The molecule has 2 aromatic heterocycles. The molecule has 0 aliphatic heterocycles. The van der Waals surface area contributed by atoms with Gasteiger partial charge in [-0.1, -0.05) is 23.9 Å². The number of fused-ring (bicyclic) bond motifs is 1. The number of nitriles is 1. The Hall–Kier alpha value is -2.28. The fourth-order valence-electron chi connectivity index (χ4n) is 2.45. The van der Waals surface area contributed by atoms with E-state index in [-0.39, 0.29) is 11.7 Å². The van der Waals surface area contributed by atoms with Gasteiger partial charge < -0.3 is 11.1 Å². The molecule has 1 aromatic carbocycles. The zero-order valence-electron chi connectivity index (χ0n) is 14.8. The van der Waals surface area contributed by atoms with Gasteiger partial charge in [0.05, 0.1) is 28.6 Å². The van der Waals surface area contributed by atoms with Crippen LogP contribution in [0.4, 0.5) is 11.5 Å². The summed E-state index contributed by atoms with van der Waals surface area (Å²) in [5.41, 5.74) is 7.88. The quantitative estimate of drug-likeness (QED) is 0.458. The number of amides is 1. The molecule has 0 atom stereocenters. The molecule has 0 aliphatic rings.